The third kappa shape index (κ3) is 2.30. The molecule has 0 atom stereocenters. The van der Waals surface area contributed by atoms with Crippen LogP contribution in [0.2, 0.25) is 0 Å². The Morgan fingerprint density at radius 2 is 1.72 bits per heavy atom. The lowest BCUT2D eigenvalue weighted by molar-refractivity contribution is 0.00578. The fourth-order valence-corrected chi connectivity index (χ4v) is 1.94. The number of rotatable bonds is 2. The summed E-state index contributed by atoms with van der Waals surface area (Å²) in [5.74, 6) is 0. The van der Waals surface area contributed by atoms with Crippen LogP contribution in [0, 0.1) is 0 Å². The largest absolute Gasteiger partial charge is 0.494 e. The van der Waals surface area contributed by atoms with Gasteiger partial charge in [-0.25, -0.2) is 0 Å². The molecule has 1 heterocycles. The molecule has 3 nitrogen and oxygen atoms in total. The van der Waals surface area contributed by atoms with Crippen molar-refractivity contribution in [3.8, 4) is 0 Å². The monoisotopic (exact) mass is 263 g/mol. The van der Waals surface area contributed by atoms with Crippen LogP contribution in [-0.2, 0) is 9.31 Å². The molecular weight excluding hydrogens is 245 g/mol. The van der Waals surface area contributed by atoms with E-state index in [-0.39, 0.29) is 18.3 Å². The molecule has 0 unspecified atom stereocenters. The Kier molecular flexibility index (Phi) is 3.26. The maximum absolute atomic E-state index is 5.98. The Labute approximate surface area is 114 Å². The van der Waals surface area contributed by atoms with Crippen molar-refractivity contribution in [3.05, 3.63) is 29.8 Å². The minimum atomic E-state index is -0.371. The van der Waals surface area contributed by atoms with Crippen LogP contribution in [0.3, 0.4) is 0 Å². The minimum Gasteiger partial charge on any atom is -0.399 e. The molecule has 5 heteroatoms. The summed E-state index contributed by atoms with van der Waals surface area (Å²) in [5, 5.41) is 0. The molecule has 2 N–H and O–H groups in total. The molecule has 2 rings (SSSR count). The van der Waals surface area contributed by atoms with Gasteiger partial charge in [0.1, 0.15) is 4.99 Å². The quantitative estimate of drug-likeness (QED) is 0.650. The Morgan fingerprint density at radius 3 is 2.22 bits per heavy atom. The van der Waals surface area contributed by atoms with Crippen LogP contribution < -0.4 is 11.2 Å². The fraction of sp³-hybridized carbons (Fsp3) is 0.462. The van der Waals surface area contributed by atoms with Crippen LogP contribution in [0.1, 0.15) is 33.3 Å². The second-order valence-electron chi connectivity index (χ2n) is 5.58. The van der Waals surface area contributed by atoms with Crippen molar-refractivity contribution in [3.63, 3.8) is 0 Å². The fourth-order valence-electron chi connectivity index (χ4n) is 1.82. The summed E-state index contributed by atoms with van der Waals surface area (Å²) in [6.45, 7) is 8.13. The Balaban J connectivity index is 2.30. The molecule has 0 amide bonds. The van der Waals surface area contributed by atoms with Gasteiger partial charge < -0.3 is 15.0 Å². The van der Waals surface area contributed by atoms with Crippen LogP contribution in [0.25, 0.3) is 0 Å². The summed E-state index contributed by atoms with van der Waals surface area (Å²) in [6.07, 6.45) is 0. The molecule has 1 aliphatic heterocycles. The second-order valence-corrected chi connectivity index (χ2v) is 6.02. The lowest BCUT2D eigenvalue weighted by Crippen LogP contribution is -2.41. The van der Waals surface area contributed by atoms with E-state index in [1.165, 1.54) is 0 Å². The van der Waals surface area contributed by atoms with E-state index >= 15 is 0 Å². The second kappa shape index (κ2) is 4.33. The van der Waals surface area contributed by atoms with Gasteiger partial charge in [-0.15, -0.1) is 0 Å². The van der Waals surface area contributed by atoms with Crippen molar-refractivity contribution >= 4 is 29.8 Å². The van der Waals surface area contributed by atoms with Crippen LogP contribution in [-0.4, -0.2) is 23.3 Å². The average Bonchev–Trinajstić information content (AvgIpc) is 2.48. The van der Waals surface area contributed by atoms with Gasteiger partial charge in [-0.2, -0.15) is 0 Å². The lowest BCUT2D eigenvalue weighted by atomic mass is 9.78. The third-order valence-corrected chi connectivity index (χ3v) is 3.93. The first-order chi connectivity index (χ1) is 8.23. The maximum Gasteiger partial charge on any atom is 0.494 e. The SMILES string of the molecule is CC1(C)OB(c2cccc(C(N)=S)c2)OC1(C)C. The zero-order valence-corrected chi connectivity index (χ0v) is 12.0. The summed E-state index contributed by atoms with van der Waals surface area (Å²) in [7, 11) is -0.371. The van der Waals surface area contributed by atoms with Crippen molar-refractivity contribution < 1.29 is 9.31 Å². The van der Waals surface area contributed by atoms with Crippen molar-refractivity contribution in [2.24, 2.45) is 5.73 Å². The van der Waals surface area contributed by atoms with Crippen molar-refractivity contribution in [2.75, 3.05) is 0 Å². The van der Waals surface area contributed by atoms with Crippen molar-refractivity contribution in [1.82, 2.24) is 0 Å². The van der Waals surface area contributed by atoms with Crippen LogP contribution in [0.5, 0.6) is 0 Å². The first kappa shape index (κ1) is 13.5. The van der Waals surface area contributed by atoms with Gasteiger partial charge in [-0.05, 0) is 33.2 Å². The Hall–Kier alpha value is -0.905. The van der Waals surface area contributed by atoms with Crippen LogP contribution >= 0.6 is 12.2 Å². The predicted octanol–water partition coefficient (Wildman–Crippen LogP) is 1.62. The van der Waals surface area contributed by atoms with E-state index in [0.717, 1.165) is 11.0 Å². The number of hydrogen-bond donors (Lipinski definition) is 1. The minimum absolute atomic E-state index is 0.336. The molecule has 0 aliphatic carbocycles. The molecular formula is C13H18BNO2S. The zero-order chi connectivity index (χ0) is 13.6. The van der Waals surface area contributed by atoms with Crippen molar-refractivity contribution in [1.29, 1.82) is 0 Å². The molecule has 1 fully saturated rings. The maximum atomic E-state index is 5.98. The zero-order valence-electron chi connectivity index (χ0n) is 11.2. The molecule has 0 bridgehead atoms. The van der Waals surface area contributed by atoms with Gasteiger partial charge in [-0.1, -0.05) is 36.5 Å². The van der Waals surface area contributed by atoms with Crippen LogP contribution in [0.15, 0.2) is 24.3 Å². The summed E-state index contributed by atoms with van der Waals surface area (Å²) in [4.78, 5) is 0.383. The summed E-state index contributed by atoms with van der Waals surface area (Å²) in [5.41, 5.74) is 6.74. The third-order valence-electron chi connectivity index (χ3n) is 3.70. The first-order valence-electron chi connectivity index (χ1n) is 5.98. The summed E-state index contributed by atoms with van der Waals surface area (Å²) in [6, 6.07) is 7.68. The average molecular weight is 263 g/mol. The molecule has 1 aromatic carbocycles. The molecule has 0 spiro atoms. The summed E-state index contributed by atoms with van der Waals surface area (Å²) >= 11 is 4.98. The molecule has 96 valence electrons. The highest BCUT2D eigenvalue weighted by atomic mass is 32.1. The predicted molar refractivity (Wildman–Crippen MR) is 78.0 cm³/mol. The first-order valence-corrected chi connectivity index (χ1v) is 6.39. The lowest BCUT2D eigenvalue weighted by Gasteiger charge is -2.32. The van der Waals surface area contributed by atoms with Gasteiger partial charge in [0.25, 0.3) is 0 Å². The number of nitrogens with two attached hydrogens (primary N) is 1. The van der Waals surface area contributed by atoms with E-state index in [1.807, 2.05) is 52.0 Å². The van der Waals surface area contributed by atoms with Gasteiger partial charge in [0.2, 0.25) is 0 Å². The highest BCUT2D eigenvalue weighted by Crippen LogP contribution is 2.36. The molecule has 0 aromatic heterocycles. The van der Waals surface area contributed by atoms with E-state index in [9.17, 15) is 0 Å². The molecule has 1 aromatic rings. The van der Waals surface area contributed by atoms with Gasteiger partial charge in [-0.3, -0.25) is 0 Å². The molecule has 1 aliphatic rings. The van der Waals surface area contributed by atoms with E-state index in [1.54, 1.807) is 0 Å². The normalized spacial score (nSPS) is 21.0. The van der Waals surface area contributed by atoms with Crippen LogP contribution in [0.4, 0.5) is 0 Å². The highest BCUT2D eigenvalue weighted by molar-refractivity contribution is 7.80. The van der Waals surface area contributed by atoms with E-state index in [2.05, 4.69) is 0 Å². The van der Waals surface area contributed by atoms with Gasteiger partial charge in [0.05, 0.1) is 11.2 Å². The molecule has 0 radical (unpaired) electrons. The number of benzene rings is 1. The summed E-state index contributed by atoms with van der Waals surface area (Å²) < 4.78 is 12.0. The van der Waals surface area contributed by atoms with Crippen molar-refractivity contribution in [2.45, 2.75) is 38.9 Å². The Bertz CT molecular complexity index is 472. The molecule has 18 heavy (non-hydrogen) atoms. The standard InChI is InChI=1S/C13H18BNO2S/c1-12(2)13(3,4)17-14(16-12)10-7-5-6-9(8-10)11(15)18/h5-8H,1-4H3,(H2,15,18). The van der Waals surface area contributed by atoms with E-state index < -0.39 is 0 Å². The van der Waals surface area contributed by atoms with E-state index in [0.29, 0.717) is 4.99 Å². The van der Waals surface area contributed by atoms with E-state index in [4.69, 9.17) is 27.3 Å². The number of hydrogen-bond acceptors (Lipinski definition) is 3. The Morgan fingerprint density at radius 1 is 1.17 bits per heavy atom. The molecule has 1 saturated heterocycles. The van der Waals surface area contributed by atoms with Gasteiger partial charge >= 0.3 is 7.12 Å². The highest BCUT2D eigenvalue weighted by Gasteiger charge is 2.51. The van der Waals surface area contributed by atoms with Gasteiger partial charge in [0.15, 0.2) is 0 Å². The smallest absolute Gasteiger partial charge is 0.399 e. The van der Waals surface area contributed by atoms with Gasteiger partial charge in [0, 0.05) is 5.56 Å². The number of thiocarbonyl (C=S) groups is 1. The topological polar surface area (TPSA) is 44.5 Å². The molecule has 0 saturated carbocycles.